The third kappa shape index (κ3) is 2.60. The van der Waals surface area contributed by atoms with Crippen LogP contribution < -0.4 is 15.6 Å². The molecule has 8 heteroatoms. The van der Waals surface area contributed by atoms with E-state index in [2.05, 4.69) is 20.6 Å². The van der Waals surface area contributed by atoms with Gasteiger partial charge in [0.15, 0.2) is 0 Å². The Labute approximate surface area is 135 Å². The summed E-state index contributed by atoms with van der Waals surface area (Å²) < 4.78 is 41.2. The monoisotopic (exact) mass is 335 g/mol. The van der Waals surface area contributed by atoms with Crippen LogP contribution in [0.25, 0.3) is 0 Å². The normalized spacial score (nSPS) is 20.5. The van der Waals surface area contributed by atoms with Gasteiger partial charge in [-0.05, 0) is 19.1 Å². The first kappa shape index (κ1) is 16.0. The number of halogens is 3. The van der Waals surface area contributed by atoms with E-state index in [1.54, 1.807) is 49.4 Å². The molecular weight excluding hydrogens is 321 g/mol. The predicted molar refractivity (Wildman–Crippen MR) is 81.3 cm³/mol. The first-order valence-corrected chi connectivity index (χ1v) is 7.12. The SMILES string of the molecule is Cc1ccc[nH+]c1N[C@]1(C(F)(F)F)N=C(c2ccccc2)NC1=O. The smallest absolute Gasteiger partial charge is 0.304 e. The van der Waals surface area contributed by atoms with E-state index in [9.17, 15) is 18.0 Å². The molecule has 0 unspecified atom stereocenters. The Bertz CT molecular complexity index is 804. The third-order valence-electron chi connectivity index (χ3n) is 3.67. The molecule has 0 radical (unpaired) electrons. The number of carbonyl (C=O) groups is 1. The Morgan fingerprint density at radius 1 is 1.17 bits per heavy atom. The van der Waals surface area contributed by atoms with Crippen molar-refractivity contribution < 1.29 is 22.9 Å². The minimum atomic E-state index is -4.93. The minimum absolute atomic E-state index is 0.0723. The fourth-order valence-corrected chi connectivity index (χ4v) is 2.36. The molecule has 1 aliphatic rings. The summed E-state index contributed by atoms with van der Waals surface area (Å²) >= 11 is 0. The summed E-state index contributed by atoms with van der Waals surface area (Å²) in [6.45, 7) is 1.62. The van der Waals surface area contributed by atoms with Crippen LogP contribution in [0.1, 0.15) is 11.1 Å². The molecule has 0 saturated carbocycles. The Morgan fingerprint density at radius 3 is 2.50 bits per heavy atom. The number of aromatic amines is 1. The van der Waals surface area contributed by atoms with E-state index in [1.165, 1.54) is 6.20 Å². The lowest BCUT2D eigenvalue weighted by Gasteiger charge is -2.23. The standard InChI is InChI=1S/C16H13F3N4O/c1-10-6-5-9-20-12(10)22-15(16(17,18)19)14(24)21-13(23-15)11-7-3-2-4-8-11/h2-9H,1H3,(H,20,22)(H,21,23,24)/p+1/t15-/m0/s1. The number of aryl methyl sites for hydroxylation is 1. The second-order valence-corrected chi connectivity index (χ2v) is 5.34. The molecule has 1 aliphatic heterocycles. The number of aliphatic imine (C=N–C) groups is 1. The summed E-state index contributed by atoms with van der Waals surface area (Å²) in [7, 11) is 0. The number of amidine groups is 1. The van der Waals surface area contributed by atoms with Crippen molar-refractivity contribution in [2.75, 3.05) is 5.32 Å². The maximum atomic E-state index is 13.7. The lowest BCUT2D eigenvalue weighted by Crippen LogP contribution is -2.58. The second-order valence-electron chi connectivity index (χ2n) is 5.34. The molecule has 2 aromatic rings. The number of anilines is 1. The van der Waals surface area contributed by atoms with Gasteiger partial charge in [-0.25, -0.2) is 15.3 Å². The number of carbonyl (C=O) groups excluding carboxylic acids is 1. The lowest BCUT2D eigenvalue weighted by atomic mass is 10.1. The number of hydrogen-bond donors (Lipinski definition) is 2. The minimum Gasteiger partial charge on any atom is -0.304 e. The van der Waals surface area contributed by atoms with Crippen molar-refractivity contribution in [2.45, 2.75) is 18.8 Å². The Balaban J connectivity index is 2.08. The van der Waals surface area contributed by atoms with Gasteiger partial charge < -0.3 is 5.32 Å². The molecule has 0 saturated heterocycles. The van der Waals surface area contributed by atoms with Gasteiger partial charge in [0.05, 0.1) is 6.20 Å². The summed E-state index contributed by atoms with van der Waals surface area (Å²) in [6.07, 6.45) is -3.46. The van der Waals surface area contributed by atoms with Gasteiger partial charge >= 0.3 is 17.7 Å². The van der Waals surface area contributed by atoms with E-state index in [0.717, 1.165) is 0 Å². The predicted octanol–water partition coefficient (Wildman–Crippen LogP) is 2.06. The molecule has 24 heavy (non-hydrogen) atoms. The zero-order valence-electron chi connectivity index (χ0n) is 12.6. The molecule has 2 heterocycles. The van der Waals surface area contributed by atoms with Crippen molar-refractivity contribution in [1.82, 2.24) is 5.32 Å². The molecule has 5 nitrogen and oxygen atoms in total. The molecule has 3 rings (SSSR count). The third-order valence-corrected chi connectivity index (χ3v) is 3.67. The largest absolute Gasteiger partial charge is 0.464 e. The van der Waals surface area contributed by atoms with Gasteiger partial charge in [0.1, 0.15) is 5.84 Å². The van der Waals surface area contributed by atoms with Crippen molar-refractivity contribution in [3.05, 3.63) is 59.8 Å². The van der Waals surface area contributed by atoms with Crippen LogP contribution in [0.2, 0.25) is 0 Å². The van der Waals surface area contributed by atoms with Crippen LogP contribution in [0.15, 0.2) is 53.7 Å². The molecule has 0 spiro atoms. The quantitative estimate of drug-likeness (QED) is 0.901. The van der Waals surface area contributed by atoms with Crippen molar-refractivity contribution in [3.8, 4) is 0 Å². The summed E-state index contributed by atoms with van der Waals surface area (Å²) in [5, 5.41) is 4.45. The number of alkyl halides is 3. The van der Waals surface area contributed by atoms with E-state index in [-0.39, 0.29) is 11.7 Å². The van der Waals surface area contributed by atoms with Crippen LogP contribution in [0.4, 0.5) is 19.0 Å². The highest BCUT2D eigenvalue weighted by atomic mass is 19.4. The lowest BCUT2D eigenvalue weighted by molar-refractivity contribution is -0.363. The van der Waals surface area contributed by atoms with Gasteiger partial charge in [-0.15, -0.1) is 0 Å². The van der Waals surface area contributed by atoms with Gasteiger partial charge in [-0.3, -0.25) is 4.79 Å². The van der Waals surface area contributed by atoms with Crippen LogP contribution >= 0.6 is 0 Å². The van der Waals surface area contributed by atoms with Crippen LogP contribution in [-0.4, -0.2) is 23.6 Å². The number of H-pyrrole nitrogens is 1. The van der Waals surface area contributed by atoms with Crippen molar-refractivity contribution in [1.29, 1.82) is 0 Å². The fraction of sp³-hybridized carbons (Fsp3) is 0.188. The number of pyridine rings is 1. The number of nitrogens with zero attached hydrogens (tertiary/aromatic N) is 1. The van der Waals surface area contributed by atoms with Crippen molar-refractivity contribution in [2.24, 2.45) is 4.99 Å². The molecular formula is C16H14F3N4O+. The van der Waals surface area contributed by atoms with Crippen LogP contribution in [-0.2, 0) is 4.79 Å². The van der Waals surface area contributed by atoms with Gasteiger partial charge in [0.2, 0.25) is 0 Å². The van der Waals surface area contributed by atoms with Crippen LogP contribution in [0.5, 0.6) is 0 Å². The summed E-state index contributed by atoms with van der Waals surface area (Å²) in [5.41, 5.74) is -2.16. The van der Waals surface area contributed by atoms with E-state index in [0.29, 0.717) is 11.1 Å². The van der Waals surface area contributed by atoms with E-state index < -0.39 is 17.7 Å². The second kappa shape index (κ2) is 5.63. The van der Waals surface area contributed by atoms with Gasteiger partial charge in [-0.2, -0.15) is 13.2 Å². The maximum absolute atomic E-state index is 13.7. The van der Waals surface area contributed by atoms with Crippen LogP contribution in [0.3, 0.4) is 0 Å². The number of nitrogens with one attached hydrogen (secondary N) is 3. The van der Waals surface area contributed by atoms with E-state index in [1.807, 2.05) is 0 Å². The molecule has 1 aromatic heterocycles. The maximum Gasteiger partial charge on any atom is 0.464 e. The number of rotatable bonds is 3. The molecule has 0 bridgehead atoms. The number of benzene rings is 1. The van der Waals surface area contributed by atoms with Crippen molar-refractivity contribution in [3.63, 3.8) is 0 Å². The Hall–Kier alpha value is -2.90. The molecule has 124 valence electrons. The molecule has 0 fully saturated rings. The first-order valence-electron chi connectivity index (χ1n) is 7.12. The van der Waals surface area contributed by atoms with Crippen molar-refractivity contribution >= 4 is 17.6 Å². The highest BCUT2D eigenvalue weighted by Gasteiger charge is 2.68. The van der Waals surface area contributed by atoms with E-state index in [4.69, 9.17) is 0 Å². The average Bonchev–Trinajstić information content (AvgIpc) is 2.88. The number of amides is 1. The Morgan fingerprint density at radius 2 is 1.88 bits per heavy atom. The number of hydrogen-bond acceptors (Lipinski definition) is 3. The molecule has 0 aliphatic carbocycles. The Kier molecular flexibility index (Phi) is 3.75. The molecule has 1 amide bonds. The van der Waals surface area contributed by atoms with Gasteiger partial charge in [-0.1, -0.05) is 30.3 Å². The summed E-state index contributed by atoms with van der Waals surface area (Å²) in [5.74, 6) is -1.33. The molecule has 3 N–H and O–H groups in total. The van der Waals surface area contributed by atoms with Gasteiger partial charge in [0, 0.05) is 11.1 Å². The molecule has 1 atom stereocenters. The zero-order valence-corrected chi connectivity index (χ0v) is 12.6. The number of aromatic nitrogens is 1. The van der Waals surface area contributed by atoms with Gasteiger partial charge in [0.25, 0.3) is 5.82 Å². The topological polar surface area (TPSA) is 67.6 Å². The average molecular weight is 335 g/mol. The van der Waals surface area contributed by atoms with E-state index >= 15 is 0 Å². The summed E-state index contributed by atoms with van der Waals surface area (Å²) in [6, 6.07) is 11.4. The highest BCUT2D eigenvalue weighted by molar-refractivity contribution is 6.16. The van der Waals surface area contributed by atoms with Crippen LogP contribution in [0, 0.1) is 6.92 Å². The highest BCUT2D eigenvalue weighted by Crippen LogP contribution is 2.37. The summed E-state index contributed by atoms with van der Waals surface area (Å²) in [4.78, 5) is 18.6. The fourth-order valence-electron chi connectivity index (χ4n) is 2.36. The molecule has 1 aromatic carbocycles. The first-order chi connectivity index (χ1) is 11.3. The zero-order chi connectivity index (χ0) is 17.4.